The Morgan fingerprint density at radius 2 is 1.93 bits per heavy atom. The van der Waals surface area contributed by atoms with Gasteiger partial charge in [0, 0.05) is 5.56 Å². The van der Waals surface area contributed by atoms with Crippen LogP contribution in [-0.2, 0) is 0 Å². The van der Waals surface area contributed by atoms with E-state index in [1.807, 2.05) is 12.1 Å². The Kier molecular flexibility index (Phi) is 3.02. The fraction of sp³-hybridized carbons (Fsp3) is 0.154. The second kappa shape index (κ2) is 4.45. The van der Waals surface area contributed by atoms with Crippen LogP contribution in [0.15, 0.2) is 42.5 Å². The Bertz CT molecular complexity index is 426. The van der Waals surface area contributed by atoms with E-state index in [9.17, 15) is 4.79 Å². The lowest BCUT2D eigenvalue weighted by molar-refractivity contribution is 0.108. The molecule has 1 nitrogen and oxygen atoms in total. The molecule has 2 rings (SSSR count). The number of hydrogen-bond donors (Lipinski definition) is 0. The SMILES string of the molecule is O=C(Cl)c1ccc(C2=CC=CCC2)cc1. The number of carbonyl (C=O) groups is 1. The van der Waals surface area contributed by atoms with Crippen molar-refractivity contribution < 1.29 is 4.79 Å². The van der Waals surface area contributed by atoms with Gasteiger partial charge in [-0.05, 0) is 47.7 Å². The van der Waals surface area contributed by atoms with Crippen LogP contribution in [0.3, 0.4) is 0 Å². The fourth-order valence-electron chi connectivity index (χ4n) is 1.66. The van der Waals surface area contributed by atoms with Gasteiger partial charge in [-0.1, -0.05) is 30.4 Å². The van der Waals surface area contributed by atoms with Crippen molar-refractivity contribution in [2.45, 2.75) is 12.8 Å². The van der Waals surface area contributed by atoms with E-state index >= 15 is 0 Å². The molecule has 0 saturated carbocycles. The van der Waals surface area contributed by atoms with Crippen LogP contribution < -0.4 is 0 Å². The van der Waals surface area contributed by atoms with Gasteiger partial charge in [-0.2, -0.15) is 0 Å². The van der Waals surface area contributed by atoms with Crippen LogP contribution in [-0.4, -0.2) is 5.24 Å². The van der Waals surface area contributed by atoms with Crippen molar-refractivity contribution in [3.05, 3.63) is 53.6 Å². The minimum absolute atomic E-state index is 0.404. The van der Waals surface area contributed by atoms with E-state index in [0.717, 1.165) is 12.8 Å². The van der Waals surface area contributed by atoms with Gasteiger partial charge in [0.1, 0.15) is 0 Å². The molecule has 1 aromatic carbocycles. The van der Waals surface area contributed by atoms with Gasteiger partial charge in [0.05, 0.1) is 0 Å². The van der Waals surface area contributed by atoms with Crippen LogP contribution >= 0.6 is 11.6 Å². The first-order valence-corrected chi connectivity index (χ1v) is 5.31. The van der Waals surface area contributed by atoms with E-state index in [1.54, 1.807) is 12.1 Å². The molecular formula is C13H11ClO. The molecule has 1 aliphatic rings. The van der Waals surface area contributed by atoms with Crippen molar-refractivity contribution >= 4 is 22.4 Å². The standard InChI is InChI=1S/C13H11ClO/c14-13(15)12-8-6-11(7-9-12)10-4-2-1-3-5-10/h1-2,4,6-9H,3,5H2. The second-order valence-corrected chi connectivity index (χ2v) is 3.85. The van der Waals surface area contributed by atoms with Gasteiger partial charge in [0.2, 0.25) is 0 Å². The third kappa shape index (κ3) is 2.37. The molecule has 1 aliphatic carbocycles. The van der Waals surface area contributed by atoms with Crippen LogP contribution in [0.2, 0.25) is 0 Å². The highest BCUT2D eigenvalue weighted by molar-refractivity contribution is 6.67. The van der Waals surface area contributed by atoms with Crippen molar-refractivity contribution in [3.63, 3.8) is 0 Å². The summed E-state index contributed by atoms with van der Waals surface area (Å²) in [5.74, 6) is 0. The topological polar surface area (TPSA) is 17.1 Å². The highest BCUT2D eigenvalue weighted by Crippen LogP contribution is 2.23. The molecular weight excluding hydrogens is 208 g/mol. The summed E-state index contributed by atoms with van der Waals surface area (Å²) in [6.45, 7) is 0. The van der Waals surface area contributed by atoms with Crippen LogP contribution in [0.4, 0.5) is 0 Å². The first-order valence-electron chi connectivity index (χ1n) is 4.93. The van der Waals surface area contributed by atoms with Crippen LogP contribution in [0.25, 0.3) is 5.57 Å². The molecule has 0 atom stereocenters. The summed E-state index contributed by atoms with van der Waals surface area (Å²) in [7, 11) is 0. The van der Waals surface area contributed by atoms with Gasteiger partial charge >= 0.3 is 0 Å². The summed E-state index contributed by atoms with van der Waals surface area (Å²) >= 11 is 5.38. The summed E-state index contributed by atoms with van der Waals surface area (Å²) in [6, 6.07) is 7.43. The molecule has 0 heterocycles. The van der Waals surface area contributed by atoms with E-state index in [4.69, 9.17) is 11.6 Å². The summed E-state index contributed by atoms with van der Waals surface area (Å²) in [6.07, 6.45) is 8.48. The molecule has 0 bridgehead atoms. The molecule has 0 amide bonds. The summed E-state index contributed by atoms with van der Waals surface area (Å²) in [4.78, 5) is 10.9. The molecule has 0 N–H and O–H groups in total. The van der Waals surface area contributed by atoms with E-state index in [2.05, 4.69) is 18.2 Å². The lowest BCUT2D eigenvalue weighted by Gasteiger charge is -2.09. The van der Waals surface area contributed by atoms with Crippen molar-refractivity contribution in [1.29, 1.82) is 0 Å². The highest BCUT2D eigenvalue weighted by atomic mass is 35.5. The molecule has 0 fully saturated rings. The monoisotopic (exact) mass is 218 g/mol. The number of hydrogen-bond acceptors (Lipinski definition) is 1. The minimum Gasteiger partial charge on any atom is -0.276 e. The zero-order chi connectivity index (χ0) is 10.7. The third-order valence-electron chi connectivity index (χ3n) is 2.50. The average molecular weight is 219 g/mol. The zero-order valence-corrected chi connectivity index (χ0v) is 9.00. The normalized spacial score (nSPS) is 14.9. The maximum Gasteiger partial charge on any atom is 0.252 e. The van der Waals surface area contributed by atoms with E-state index in [-0.39, 0.29) is 0 Å². The minimum atomic E-state index is -0.404. The molecule has 1 aromatic rings. The Balaban J connectivity index is 2.27. The molecule has 76 valence electrons. The van der Waals surface area contributed by atoms with Crippen LogP contribution in [0, 0.1) is 0 Å². The van der Waals surface area contributed by atoms with Crippen molar-refractivity contribution in [2.75, 3.05) is 0 Å². The lowest BCUT2D eigenvalue weighted by atomic mass is 9.97. The Morgan fingerprint density at radius 1 is 1.20 bits per heavy atom. The lowest BCUT2D eigenvalue weighted by Crippen LogP contribution is -1.91. The predicted octanol–water partition coefficient (Wildman–Crippen LogP) is 3.80. The van der Waals surface area contributed by atoms with Gasteiger partial charge in [-0.25, -0.2) is 0 Å². The van der Waals surface area contributed by atoms with Crippen LogP contribution in [0.5, 0.6) is 0 Å². The number of rotatable bonds is 2. The molecule has 0 spiro atoms. The van der Waals surface area contributed by atoms with Gasteiger partial charge in [0.25, 0.3) is 5.24 Å². The average Bonchev–Trinajstić information content (AvgIpc) is 2.30. The maximum absolute atomic E-state index is 10.9. The van der Waals surface area contributed by atoms with E-state index < -0.39 is 5.24 Å². The first-order chi connectivity index (χ1) is 7.27. The van der Waals surface area contributed by atoms with Crippen LogP contribution in [0.1, 0.15) is 28.8 Å². The molecule has 2 heteroatoms. The summed E-state index contributed by atoms with van der Waals surface area (Å²) in [5.41, 5.74) is 3.03. The van der Waals surface area contributed by atoms with Crippen molar-refractivity contribution in [2.24, 2.45) is 0 Å². The number of benzene rings is 1. The number of carbonyl (C=O) groups excluding carboxylic acids is 1. The second-order valence-electron chi connectivity index (χ2n) is 3.51. The Hall–Kier alpha value is -1.34. The maximum atomic E-state index is 10.9. The number of allylic oxidation sites excluding steroid dienone is 4. The van der Waals surface area contributed by atoms with Gasteiger partial charge in [-0.3, -0.25) is 4.79 Å². The molecule has 0 radical (unpaired) electrons. The largest absolute Gasteiger partial charge is 0.276 e. The summed E-state index contributed by atoms with van der Waals surface area (Å²) in [5, 5.41) is -0.404. The summed E-state index contributed by atoms with van der Waals surface area (Å²) < 4.78 is 0. The molecule has 15 heavy (non-hydrogen) atoms. The van der Waals surface area contributed by atoms with E-state index in [0.29, 0.717) is 5.56 Å². The number of halogens is 1. The van der Waals surface area contributed by atoms with E-state index in [1.165, 1.54) is 11.1 Å². The first kappa shape index (κ1) is 10.2. The smallest absolute Gasteiger partial charge is 0.252 e. The molecule has 0 aliphatic heterocycles. The van der Waals surface area contributed by atoms with Gasteiger partial charge < -0.3 is 0 Å². The Labute approximate surface area is 94.1 Å². The van der Waals surface area contributed by atoms with Crippen molar-refractivity contribution in [3.8, 4) is 0 Å². The van der Waals surface area contributed by atoms with Gasteiger partial charge in [0.15, 0.2) is 0 Å². The molecule has 0 aromatic heterocycles. The predicted molar refractivity (Wildman–Crippen MR) is 63.0 cm³/mol. The molecule has 0 saturated heterocycles. The highest BCUT2D eigenvalue weighted by Gasteiger charge is 2.05. The van der Waals surface area contributed by atoms with Gasteiger partial charge in [-0.15, -0.1) is 0 Å². The van der Waals surface area contributed by atoms with Crippen molar-refractivity contribution in [1.82, 2.24) is 0 Å². The third-order valence-corrected chi connectivity index (χ3v) is 2.71. The fourth-order valence-corrected chi connectivity index (χ4v) is 1.78. The zero-order valence-electron chi connectivity index (χ0n) is 8.24. The molecule has 0 unspecified atom stereocenters. The Morgan fingerprint density at radius 3 is 2.47 bits per heavy atom. The quantitative estimate of drug-likeness (QED) is 0.690.